The first-order chi connectivity index (χ1) is 16.4. The van der Waals surface area contributed by atoms with Crippen molar-refractivity contribution in [3.05, 3.63) is 77.9 Å². The van der Waals surface area contributed by atoms with Crippen molar-refractivity contribution in [1.82, 2.24) is 14.9 Å². The van der Waals surface area contributed by atoms with Gasteiger partial charge < -0.3 is 11.1 Å². The van der Waals surface area contributed by atoms with E-state index < -0.39 is 21.5 Å². The van der Waals surface area contributed by atoms with E-state index >= 15 is 0 Å². The SMILES string of the molecule is Cc1ccc(-c2nnc(Nc3ccc(C(N)=O)cc3)c3ccccc23)cc1S(=O)(=O)NC(C)(C)C. The summed E-state index contributed by atoms with van der Waals surface area (Å²) in [6, 6.07) is 19.6. The molecule has 1 amide bonds. The predicted octanol–water partition coefficient (Wildman–Crippen LogP) is 4.52. The van der Waals surface area contributed by atoms with Crippen LogP contribution in [-0.2, 0) is 10.0 Å². The zero-order chi connectivity index (χ0) is 25.4. The van der Waals surface area contributed by atoms with Gasteiger partial charge in [-0.2, -0.15) is 0 Å². The number of sulfonamides is 1. The second-order valence-electron chi connectivity index (χ2n) is 9.35. The number of hydrogen-bond donors (Lipinski definition) is 3. The maximum absolute atomic E-state index is 13.1. The summed E-state index contributed by atoms with van der Waals surface area (Å²) in [6.45, 7) is 7.17. The summed E-state index contributed by atoms with van der Waals surface area (Å²) in [6.07, 6.45) is 0. The Morgan fingerprint density at radius 2 is 1.57 bits per heavy atom. The molecule has 0 aliphatic carbocycles. The van der Waals surface area contributed by atoms with Crippen LogP contribution < -0.4 is 15.8 Å². The zero-order valence-corrected chi connectivity index (χ0v) is 20.8. The van der Waals surface area contributed by atoms with E-state index in [-0.39, 0.29) is 4.90 Å². The molecule has 4 N–H and O–H groups in total. The number of nitrogens with two attached hydrogens (primary N) is 1. The number of hydrogen-bond acceptors (Lipinski definition) is 6. The summed E-state index contributed by atoms with van der Waals surface area (Å²) >= 11 is 0. The number of primary amides is 1. The third kappa shape index (κ3) is 5.31. The predicted molar refractivity (Wildman–Crippen MR) is 138 cm³/mol. The molecule has 0 spiro atoms. The Morgan fingerprint density at radius 1 is 0.914 bits per heavy atom. The van der Waals surface area contributed by atoms with Gasteiger partial charge in [0.15, 0.2) is 5.82 Å². The van der Waals surface area contributed by atoms with Gasteiger partial charge in [0.05, 0.1) is 4.90 Å². The highest BCUT2D eigenvalue weighted by Crippen LogP contribution is 2.33. The first kappa shape index (κ1) is 24.3. The Hall–Kier alpha value is -3.82. The molecule has 1 aromatic heterocycles. The largest absolute Gasteiger partial charge is 0.366 e. The fourth-order valence-electron chi connectivity index (χ4n) is 3.76. The average Bonchev–Trinajstić information content (AvgIpc) is 2.78. The maximum Gasteiger partial charge on any atom is 0.248 e. The molecule has 180 valence electrons. The molecule has 9 heteroatoms. The number of rotatable bonds is 6. The molecule has 0 unspecified atom stereocenters. The monoisotopic (exact) mass is 489 g/mol. The zero-order valence-electron chi connectivity index (χ0n) is 20.0. The quantitative estimate of drug-likeness (QED) is 0.365. The molecule has 0 atom stereocenters. The normalized spacial score (nSPS) is 12.0. The molecule has 3 aromatic carbocycles. The van der Waals surface area contributed by atoms with Gasteiger partial charge in [0.1, 0.15) is 5.69 Å². The van der Waals surface area contributed by atoms with Crippen molar-refractivity contribution in [1.29, 1.82) is 0 Å². The fraction of sp³-hybridized carbons (Fsp3) is 0.192. The minimum Gasteiger partial charge on any atom is -0.366 e. The van der Waals surface area contributed by atoms with Gasteiger partial charge in [0.25, 0.3) is 0 Å². The van der Waals surface area contributed by atoms with Crippen LogP contribution in [0.15, 0.2) is 71.6 Å². The number of aryl methyl sites for hydroxylation is 1. The van der Waals surface area contributed by atoms with Crippen molar-refractivity contribution < 1.29 is 13.2 Å². The Morgan fingerprint density at radius 3 is 2.20 bits per heavy atom. The highest BCUT2D eigenvalue weighted by Gasteiger charge is 2.24. The number of fused-ring (bicyclic) bond motifs is 1. The van der Waals surface area contributed by atoms with E-state index in [1.54, 1.807) is 64.1 Å². The van der Waals surface area contributed by atoms with Crippen LogP contribution in [0, 0.1) is 6.92 Å². The fourth-order valence-corrected chi connectivity index (χ4v) is 5.45. The number of carbonyl (C=O) groups excluding carboxylic acids is 1. The van der Waals surface area contributed by atoms with Gasteiger partial charge in [-0.3, -0.25) is 4.79 Å². The highest BCUT2D eigenvalue weighted by molar-refractivity contribution is 7.89. The van der Waals surface area contributed by atoms with Crippen LogP contribution >= 0.6 is 0 Å². The van der Waals surface area contributed by atoms with Gasteiger partial charge in [-0.05, 0) is 63.6 Å². The topological polar surface area (TPSA) is 127 Å². The number of anilines is 2. The molecule has 35 heavy (non-hydrogen) atoms. The number of carbonyl (C=O) groups is 1. The lowest BCUT2D eigenvalue weighted by Crippen LogP contribution is -2.40. The molecule has 0 saturated carbocycles. The van der Waals surface area contributed by atoms with Crippen molar-refractivity contribution in [3.63, 3.8) is 0 Å². The van der Waals surface area contributed by atoms with E-state index in [0.29, 0.717) is 28.2 Å². The Balaban J connectivity index is 1.77. The summed E-state index contributed by atoms with van der Waals surface area (Å²) in [5.41, 5.74) is 7.69. The summed E-state index contributed by atoms with van der Waals surface area (Å²) in [5, 5.41) is 13.7. The molecule has 0 radical (unpaired) electrons. The smallest absolute Gasteiger partial charge is 0.248 e. The minimum atomic E-state index is -3.73. The van der Waals surface area contributed by atoms with Gasteiger partial charge >= 0.3 is 0 Å². The van der Waals surface area contributed by atoms with Crippen molar-refractivity contribution in [3.8, 4) is 11.3 Å². The van der Waals surface area contributed by atoms with Gasteiger partial charge in [-0.15, -0.1) is 10.2 Å². The number of aromatic nitrogens is 2. The van der Waals surface area contributed by atoms with Crippen LogP contribution in [-0.4, -0.2) is 30.1 Å². The molecule has 0 aliphatic heterocycles. The number of nitrogens with zero attached hydrogens (tertiary/aromatic N) is 2. The second-order valence-corrected chi connectivity index (χ2v) is 11.0. The lowest BCUT2D eigenvalue weighted by Gasteiger charge is -2.21. The van der Waals surface area contributed by atoms with E-state index in [0.717, 1.165) is 16.5 Å². The highest BCUT2D eigenvalue weighted by atomic mass is 32.2. The van der Waals surface area contributed by atoms with Gasteiger partial charge in [-0.1, -0.05) is 36.4 Å². The molecule has 8 nitrogen and oxygen atoms in total. The first-order valence-electron chi connectivity index (χ1n) is 11.0. The third-order valence-electron chi connectivity index (χ3n) is 5.31. The van der Waals surface area contributed by atoms with Crippen molar-refractivity contribution in [2.75, 3.05) is 5.32 Å². The molecule has 1 heterocycles. The van der Waals surface area contributed by atoms with Crippen molar-refractivity contribution in [2.24, 2.45) is 5.73 Å². The maximum atomic E-state index is 13.1. The summed E-state index contributed by atoms with van der Waals surface area (Å²) < 4.78 is 28.8. The molecular formula is C26H27N5O3S. The van der Waals surface area contributed by atoms with Gasteiger partial charge in [-0.25, -0.2) is 13.1 Å². The van der Waals surface area contributed by atoms with E-state index in [1.165, 1.54) is 0 Å². The lowest BCUT2D eigenvalue weighted by atomic mass is 10.0. The van der Waals surface area contributed by atoms with Crippen LogP contribution in [0.5, 0.6) is 0 Å². The van der Waals surface area contributed by atoms with Crippen molar-refractivity contribution in [2.45, 2.75) is 38.1 Å². The van der Waals surface area contributed by atoms with E-state index in [2.05, 4.69) is 20.2 Å². The van der Waals surface area contributed by atoms with Crippen molar-refractivity contribution >= 4 is 38.2 Å². The van der Waals surface area contributed by atoms with Crippen LogP contribution in [0.2, 0.25) is 0 Å². The minimum absolute atomic E-state index is 0.201. The Bertz CT molecular complexity index is 1530. The van der Waals surface area contributed by atoms with Crippen LogP contribution in [0.25, 0.3) is 22.0 Å². The Kier molecular flexibility index (Phi) is 6.31. The molecule has 4 rings (SSSR count). The molecule has 0 fully saturated rings. The molecule has 0 bridgehead atoms. The average molecular weight is 490 g/mol. The summed E-state index contributed by atoms with van der Waals surface area (Å²) in [5.74, 6) is 0.0360. The van der Waals surface area contributed by atoms with Gasteiger partial charge in [0, 0.05) is 33.1 Å². The number of nitrogens with one attached hydrogen (secondary N) is 2. The molecule has 0 saturated heterocycles. The molecule has 0 aliphatic rings. The third-order valence-corrected chi connectivity index (χ3v) is 7.21. The van der Waals surface area contributed by atoms with Gasteiger partial charge in [0.2, 0.25) is 15.9 Å². The lowest BCUT2D eigenvalue weighted by molar-refractivity contribution is 0.100. The van der Waals surface area contributed by atoms with Crippen LogP contribution in [0.4, 0.5) is 11.5 Å². The summed E-state index contributed by atoms with van der Waals surface area (Å²) in [7, 11) is -3.73. The molecular weight excluding hydrogens is 462 g/mol. The van der Waals surface area contributed by atoms with E-state index in [4.69, 9.17) is 5.73 Å². The van der Waals surface area contributed by atoms with Crippen LogP contribution in [0.3, 0.4) is 0 Å². The second kappa shape index (κ2) is 9.09. The standard InChI is InChI=1S/C26H27N5O3S/c1-16-9-10-18(15-22(16)35(33,34)31-26(2,3)4)23-20-7-5-6-8-21(20)25(30-29-23)28-19-13-11-17(12-14-19)24(27)32/h5-15,31H,1-4H3,(H2,27,32)(H,28,30). The van der Waals surface area contributed by atoms with Crippen LogP contribution in [0.1, 0.15) is 36.7 Å². The van der Waals surface area contributed by atoms with E-state index in [1.807, 2.05) is 30.3 Å². The summed E-state index contributed by atoms with van der Waals surface area (Å²) in [4.78, 5) is 11.5. The van der Waals surface area contributed by atoms with E-state index in [9.17, 15) is 13.2 Å². The number of amides is 1. The first-order valence-corrected chi connectivity index (χ1v) is 12.5. The molecule has 4 aromatic rings. The number of benzene rings is 3. The Labute approximate surface area is 204 Å².